The summed E-state index contributed by atoms with van der Waals surface area (Å²) >= 11 is 0. The van der Waals surface area contributed by atoms with Crippen LogP contribution in [0, 0.1) is 0 Å². The molecule has 2 atom stereocenters. The summed E-state index contributed by atoms with van der Waals surface area (Å²) in [6.45, 7) is 10.7. The Morgan fingerprint density at radius 1 is 1.10 bits per heavy atom. The first-order chi connectivity index (χ1) is 9.71. The highest BCUT2D eigenvalue weighted by Gasteiger charge is 2.14. The van der Waals surface area contributed by atoms with Gasteiger partial charge in [0.15, 0.2) is 0 Å². The maximum Gasteiger partial charge on any atom is 0.115 e. The normalized spacial score (nSPS) is 13.2. The number of hydrogen-bond acceptors (Lipinski definition) is 2. The Morgan fingerprint density at radius 2 is 1.80 bits per heavy atom. The third-order valence-corrected chi connectivity index (χ3v) is 3.52. The third-order valence-electron chi connectivity index (χ3n) is 3.52. The maximum absolute atomic E-state index is 9.56. The van der Waals surface area contributed by atoms with Crippen LogP contribution >= 0.6 is 0 Å². The van der Waals surface area contributed by atoms with E-state index in [1.54, 1.807) is 6.07 Å². The molecule has 0 aromatic heterocycles. The highest BCUT2D eigenvalue weighted by Crippen LogP contribution is 2.22. The molecule has 0 fully saturated rings. The first kappa shape index (κ1) is 19.0. The van der Waals surface area contributed by atoms with E-state index in [-0.39, 0.29) is 0 Å². The van der Waals surface area contributed by atoms with Gasteiger partial charge in [0.1, 0.15) is 5.75 Å². The zero-order chi connectivity index (χ0) is 15.4. The van der Waals surface area contributed by atoms with Gasteiger partial charge in [-0.2, -0.15) is 0 Å². The molecule has 0 spiro atoms. The molecule has 116 valence electrons. The molecule has 0 amide bonds. The van der Waals surface area contributed by atoms with E-state index < -0.39 is 0 Å². The third kappa shape index (κ3) is 6.95. The van der Waals surface area contributed by atoms with Gasteiger partial charge in [-0.15, -0.1) is 0 Å². The van der Waals surface area contributed by atoms with Gasteiger partial charge in [0.25, 0.3) is 0 Å². The Morgan fingerprint density at radius 3 is 2.30 bits per heavy atom. The maximum atomic E-state index is 9.56. The van der Waals surface area contributed by atoms with E-state index in [4.69, 9.17) is 0 Å². The fourth-order valence-electron chi connectivity index (χ4n) is 2.33. The molecule has 2 unspecified atom stereocenters. The predicted molar refractivity (Wildman–Crippen MR) is 89.2 cm³/mol. The summed E-state index contributed by atoms with van der Waals surface area (Å²) in [5.41, 5.74) is 1.19. The molecular weight excluding hydrogens is 246 g/mol. The van der Waals surface area contributed by atoms with Crippen LogP contribution in [0.15, 0.2) is 24.3 Å². The zero-order valence-electron chi connectivity index (χ0n) is 13.9. The van der Waals surface area contributed by atoms with Crippen LogP contribution in [0.5, 0.6) is 5.75 Å². The minimum atomic E-state index is 0.346. The molecule has 20 heavy (non-hydrogen) atoms. The lowest BCUT2D eigenvalue weighted by Crippen LogP contribution is -2.32. The van der Waals surface area contributed by atoms with Gasteiger partial charge < -0.3 is 10.4 Å². The van der Waals surface area contributed by atoms with Gasteiger partial charge in [0.05, 0.1) is 0 Å². The van der Waals surface area contributed by atoms with Gasteiger partial charge in [-0.05, 0) is 37.0 Å². The minimum absolute atomic E-state index is 0.346. The van der Waals surface area contributed by atoms with Crippen molar-refractivity contribution in [3.05, 3.63) is 29.8 Å². The molecular formula is C18H33NO. The van der Waals surface area contributed by atoms with E-state index in [2.05, 4.69) is 32.2 Å². The quantitative estimate of drug-likeness (QED) is 0.665. The van der Waals surface area contributed by atoms with Gasteiger partial charge in [-0.3, -0.25) is 0 Å². The molecule has 1 aromatic carbocycles. The molecule has 0 aliphatic heterocycles. The molecule has 0 saturated carbocycles. The van der Waals surface area contributed by atoms with Crippen LogP contribution in [0.25, 0.3) is 0 Å². The average molecular weight is 279 g/mol. The SMILES string of the molecule is CC.CCCCC(CC)NC(CC)c1cccc(O)c1. The van der Waals surface area contributed by atoms with Crippen molar-refractivity contribution in [2.24, 2.45) is 0 Å². The summed E-state index contributed by atoms with van der Waals surface area (Å²) in [4.78, 5) is 0. The monoisotopic (exact) mass is 279 g/mol. The number of nitrogens with one attached hydrogen (secondary N) is 1. The van der Waals surface area contributed by atoms with Crippen molar-refractivity contribution in [1.29, 1.82) is 0 Å². The van der Waals surface area contributed by atoms with E-state index in [9.17, 15) is 5.11 Å². The van der Waals surface area contributed by atoms with E-state index in [1.807, 2.05) is 26.0 Å². The Hall–Kier alpha value is -1.02. The van der Waals surface area contributed by atoms with E-state index in [0.717, 1.165) is 12.8 Å². The van der Waals surface area contributed by atoms with Gasteiger partial charge in [0, 0.05) is 12.1 Å². The number of benzene rings is 1. The lowest BCUT2D eigenvalue weighted by atomic mass is 10.0. The summed E-state index contributed by atoms with van der Waals surface area (Å²) in [5, 5.41) is 13.3. The summed E-state index contributed by atoms with van der Waals surface area (Å²) in [6, 6.07) is 8.53. The second-order valence-corrected chi connectivity index (χ2v) is 4.97. The average Bonchev–Trinajstić information content (AvgIpc) is 2.49. The lowest BCUT2D eigenvalue weighted by molar-refractivity contribution is 0.387. The fraction of sp³-hybridized carbons (Fsp3) is 0.667. The molecule has 0 radical (unpaired) electrons. The minimum Gasteiger partial charge on any atom is -0.508 e. The number of phenols is 1. The molecule has 0 heterocycles. The van der Waals surface area contributed by atoms with Crippen molar-refractivity contribution in [1.82, 2.24) is 5.32 Å². The molecule has 0 saturated heterocycles. The molecule has 0 aliphatic rings. The van der Waals surface area contributed by atoms with Crippen molar-refractivity contribution in [2.75, 3.05) is 0 Å². The van der Waals surface area contributed by atoms with Crippen LogP contribution in [-0.4, -0.2) is 11.1 Å². The van der Waals surface area contributed by atoms with Crippen molar-refractivity contribution < 1.29 is 5.11 Å². The molecule has 0 bridgehead atoms. The van der Waals surface area contributed by atoms with Gasteiger partial charge in [-0.25, -0.2) is 0 Å². The molecule has 2 N–H and O–H groups in total. The highest BCUT2D eigenvalue weighted by molar-refractivity contribution is 5.29. The topological polar surface area (TPSA) is 32.3 Å². The first-order valence-electron chi connectivity index (χ1n) is 8.26. The largest absolute Gasteiger partial charge is 0.508 e. The van der Waals surface area contributed by atoms with Crippen molar-refractivity contribution >= 4 is 0 Å². The summed E-state index contributed by atoms with van der Waals surface area (Å²) in [5.74, 6) is 0.356. The van der Waals surface area contributed by atoms with Crippen LogP contribution in [-0.2, 0) is 0 Å². The Labute approximate surface area is 125 Å². The van der Waals surface area contributed by atoms with Crippen molar-refractivity contribution in [2.45, 2.75) is 78.8 Å². The van der Waals surface area contributed by atoms with Crippen molar-refractivity contribution in [3.63, 3.8) is 0 Å². The number of hydrogen-bond donors (Lipinski definition) is 2. The lowest BCUT2D eigenvalue weighted by Gasteiger charge is -2.24. The van der Waals surface area contributed by atoms with Crippen LogP contribution in [0.1, 0.15) is 78.3 Å². The second-order valence-electron chi connectivity index (χ2n) is 4.97. The number of rotatable bonds is 8. The Balaban J connectivity index is 0.00000172. The van der Waals surface area contributed by atoms with E-state index in [0.29, 0.717) is 17.8 Å². The Bertz CT molecular complexity index is 338. The smallest absolute Gasteiger partial charge is 0.115 e. The summed E-state index contributed by atoms with van der Waals surface area (Å²) in [6.07, 6.45) is 5.98. The van der Waals surface area contributed by atoms with Crippen LogP contribution in [0.3, 0.4) is 0 Å². The van der Waals surface area contributed by atoms with Crippen LogP contribution in [0.2, 0.25) is 0 Å². The summed E-state index contributed by atoms with van der Waals surface area (Å²) < 4.78 is 0. The number of unbranched alkanes of at least 4 members (excludes halogenated alkanes) is 1. The van der Waals surface area contributed by atoms with Crippen LogP contribution in [0.4, 0.5) is 0 Å². The van der Waals surface area contributed by atoms with E-state index >= 15 is 0 Å². The van der Waals surface area contributed by atoms with E-state index in [1.165, 1.54) is 24.8 Å². The Kier molecular flexibility index (Phi) is 11.2. The molecule has 2 heteroatoms. The molecule has 1 aromatic rings. The van der Waals surface area contributed by atoms with Gasteiger partial charge >= 0.3 is 0 Å². The van der Waals surface area contributed by atoms with Crippen molar-refractivity contribution in [3.8, 4) is 5.75 Å². The predicted octanol–water partition coefficient (Wildman–Crippen LogP) is 5.43. The molecule has 2 nitrogen and oxygen atoms in total. The highest BCUT2D eigenvalue weighted by atomic mass is 16.3. The van der Waals surface area contributed by atoms with Gasteiger partial charge in [0.2, 0.25) is 0 Å². The number of aromatic hydroxyl groups is 1. The zero-order valence-corrected chi connectivity index (χ0v) is 13.9. The number of phenolic OH excluding ortho intramolecular Hbond substituents is 1. The molecule has 1 rings (SSSR count). The summed E-state index contributed by atoms with van der Waals surface area (Å²) in [7, 11) is 0. The molecule has 0 aliphatic carbocycles. The van der Waals surface area contributed by atoms with Gasteiger partial charge in [-0.1, -0.05) is 59.6 Å². The second kappa shape index (κ2) is 11.8. The standard InChI is InChI=1S/C16H27NO.C2H6/c1-4-7-10-14(5-2)17-16(6-3)13-9-8-11-15(18)12-13;1-2/h8-9,11-12,14,16-18H,4-7,10H2,1-3H3;1-2H3. The van der Waals surface area contributed by atoms with Crippen LogP contribution < -0.4 is 5.32 Å². The first-order valence-corrected chi connectivity index (χ1v) is 8.26. The fourth-order valence-corrected chi connectivity index (χ4v) is 2.33.